The Labute approximate surface area is 754 Å². The second kappa shape index (κ2) is 48.4. The normalized spacial score (nSPS) is 11.4. The molecule has 126 heavy (non-hydrogen) atoms. The van der Waals surface area contributed by atoms with E-state index in [0.29, 0.717) is 47.3 Å². The molecule has 0 saturated heterocycles. The van der Waals surface area contributed by atoms with Crippen molar-refractivity contribution in [1.82, 2.24) is 40.0 Å². The molecular weight excluding hydrogens is 1540 g/mol. The van der Waals surface area contributed by atoms with Crippen molar-refractivity contribution in [2.75, 3.05) is 0 Å². The molecule has 0 bridgehead atoms. The van der Waals surface area contributed by atoms with Gasteiger partial charge in [0.25, 0.3) is 0 Å². The maximum absolute atomic E-state index is 5.75. The number of nitrogens with one attached hydrogen (secondary N) is 1. The Hall–Kier alpha value is -12.9. The fourth-order valence-electron chi connectivity index (χ4n) is 13.6. The van der Waals surface area contributed by atoms with Crippen LogP contribution < -0.4 is 5.32 Å². The number of hydrogen-bond acceptors (Lipinski definition) is 9. The fraction of sp³-hybridized carbons (Fsp3) is 0.276. The van der Waals surface area contributed by atoms with Gasteiger partial charge in [0.05, 0.1) is 29.5 Å². The quantitative estimate of drug-likeness (QED) is 0.0950. The summed E-state index contributed by atoms with van der Waals surface area (Å²) in [5.41, 5.74) is 32.7. The first-order chi connectivity index (χ1) is 60.4. The molecule has 0 unspecified atom stereocenters. The van der Waals surface area contributed by atoms with Crippen molar-refractivity contribution in [1.29, 1.82) is 0 Å². The molecular formula is C116H134N8O2. The third-order valence-electron chi connectivity index (χ3n) is 21.7. The van der Waals surface area contributed by atoms with Crippen molar-refractivity contribution < 1.29 is 8.83 Å². The molecule has 1 N–H and O–H groups in total. The van der Waals surface area contributed by atoms with Gasteiger partial charge in [-0.1, -0.05) is 306 Å². The minimum Gasteiger partial charge on any atom is -0.461 e. The third-order valence-corrected chi connectivity index (χ3v) is 21.7. The molecule has 8 heterocycles. The lowest BCUT2D eigenvalue weighted by Crippen LogP contribution is -2.05. The second-order valence-corrected chi connectivity index (χ2v) is 35.0. The molecule has 7 aromatic heterocycles. The third kappa shape index (κ3) is 30.5. The van der Waals surface area contributed by atoms with E-state index in [1.165, 1.54) is 111 Å². The summed E-state index contributed by atoms with van der Waals surface area (Å²) in [5, 5.41) is 7.25. The first kappa shape index (κ1) is 96.9. The van der Waals surface area contributed by atoms with E-state index in [9.17, 15) is 0 Å². The highest BCUT2D eigenvalue weighted by molar-refractivity contribution is 5.78. The average Bonchev–Trinajstić information content (AvgIpc) is 1.66. The lowest BCUT2D eigenvalue weighted by atomic mass is 9.96. The summed E-state index contributed by atoms with van der Waals surface area (Å²) < 4.78 is 13.2. The Morgan fingerprint density at radius 1 is 0.325 bits per heavy atom. The first-order valence-corrected chi connectivity index (χ1v) is 44.7. The molecule has 8 aromatic carbocycles. The highest BCUT2D eigenvalue weighted by Crippen LogP contribution is 2.33. The predicted octanol–water partition coefficient (Wildman–Crippen LogP) is 32.2. The van der Waals surface area contributed by atoms with Crippen LogP contribution in [0, 0.1) is 34.6 Å². The van der Waals surface area contributed by atoms with Gasteiger partial charge in [-0.15, -0.1) is 0 Å². The summed E-state index contributed by atoms with van der Waals surface area (Å²) in [5.74, 6) is 8.41. The van der Waals surface area contributed by atoms with E-state index in [1.807, 2.05) is 94.2 Å². The number of dihydropyridines is 1. The van der Waals surface area contributed by atoms with E-state index in [4.69, 9.17) is 8.83 Å². The van der Waals surface area contributed by atoms with Gasteiger partial charge in [0.1, 0.15) is 23.0 Å². The van der Waals surface area contributed by atoms with Crippen LogP contribution in [0.1, 0.15) is 249 Å². The molecule has 0 saturated carbocycles. The first-order valence-electron chi connectivity index (χ1n) is 44.7. The maximum atomic E-state index is 5.75. The highest BCUT2D eigenvalue weighted by Gasteiger charge is 2.13. The molecule has 0 radical (unpaired) electrons. The Bertz CT molecular complexity index is 5610. The number of aromatic nitrogens is 7. The summed E-state index contributed by atoms with van der Waals surface area (Å²) in [6.45, 7) is 51.4. The van der Waals surface area contributed by atoms with Crippen molar-refractivity contribution in [2.45, 2.75) is 206 Å². The number of hydrogen-bond donors (Lipinski definition) is 1. The fourth-order valence-corrected chi connectivity index (χ4v) is 13.6. The van der Waals surface area contributed by atoms with Gasteiger partial charge in [-0.05, 0) is 244 Å². The van der Waals surface area contributed by atoms with Crippen LogP contribution in [0.4, 0.5) is 0 Å². The number of benzene rings is 8. The zero-order valence-electron chi connectivity index (χ0n) is 79.0. The van der Waals surface area contributed by atoms with Gasteiger partial charge >= 0.3 is 0 Å². The molecule has 10 heteroatoms. The number of rotatable bonds is 17. The van der Waals surface area contributed by atoms with E-state index in [1.54, 1.807) is 6.20 Å². The van der Waals surface area contributed by atoms with Crippen LogP contribution in [0.5, 0.6) is 0 Å². The van der Waals surface area contributed by atoms with Crippen molar-refractivity contribution in [2.24, 2.45) is 7.05 Å². The van der Waals surface area contributed by atoms with E-state index in [-0.39, 0.29) is 0 Å². The van der Waals surface area contributed by atoms with Gasteiger partial charge in [0.2, 0.25) is 0 Å². The van der Waals surface area contributed by atoms with Crippen LogP contribution in [0.3, 0.4) is 0 Å². The monoisotopic (exact) mass is 1670 g/mol. The van der Waals surface area contributed by atoms with Crippen LogP contribution in [0.25, 0.3) is 84.1 Å². The molecule has 0 amide bonds. The molecule has 10 nitrogen and oxygen atoms in total. The average molecular weight is 1670 g/mol. The van der Waals surface area contributed by atoms with Crippen molar-refractivity contribution in [3.63, 3.8) is 0 Å². The maximum Gasteiger partial charge on any atom is 0.134 e. The Morgan fingerprint density at radius 2 is 0.738 bits per heavy atom. The minimum atomic E-state index is 0.540. The summed E-state index contributed by atoms with van der Waals surface area (Å²) >= 11 is 0. The van der Waals surface area contributed by atoms with Gasteiger partial charge in [-0.3, -0.25) is 29.6 Å². The molecule has 0 aliphatic carbocycles. The van der Waals surface area contributed by atoms with Crippen LogP contribution in [0.15, 0.2) is 338 Å². The zero-order valence-corrected chi connectivity index (χ0v) is 79.0. The Morgan fingerprint density at radius 3 is 1.13 bits per heavy atom. The summed E-state index contributed by atoms with van der Waals surface area (Å²) in [6.07, 6.45) is 22.3. The molecule has 0 fully saturated rings. The number of furan rings is 2. The lowest BCUT2D eigenvalue weighted by Gasteiger charge is -2.12. The Kier molecular flexibility index (Phi) is 37.2. The van der Waals surface area contributed by atoms with Gasteiger partial charge in [0, 0.05) is 107 Å². The van der Waals surface area contributed by atoms with Crippen molar-refractivity contribution in [3.05, 3.63) is 413 Å². The van der Waals surface area contributed by atoms with Gasteiger partial charge < -0.3 is 14.2 Å². The number of allylic oxidation sites excluding steroid dienone is 3. The molecule has 15 aromatic rings. The smallest absolute Gasteiger partial charge is 0.134 e. The molecule has 1 aliphatic heterocycles. The van der Waals surface area contributed by atoms with Crippen LogP contribution in [-0.4, -0.2) is 34.7 Å². The van der Waals surface area contributed by atoms with Crippen LogP contribution in [-0.2, 0) is 13.5 Å². The van der Waals surface area contributed by atoms with Gasteiger partial charge in [-0.25, -0.2) is 0 Å². The van der Waals surface area contributed by atoms with Crippen molar-refractivity contribution >= 4 is 5.57 Å². The minimum absolute atomic E-state index is 0.540. The number of aryl methyl sites for hydroxylation is 7. The van der Waals surface area contributed by atoms with E-state index in [0.717, 1.165) is 69.1 Å². The molecule has 0 spiro atoms. The van der Waals surface area contributed by atoms with Gasteiger partial charge in [-0.2, -0.15) is 5.10 Å². The summed E-state index contributed by atoms with van der Waals surface area (Å²) in [7, 11) is 1.94. The van der Waals surface area contributed by atoms with Crippen molar-refractivity contribution in [3.8, 4) is 78.5 Å². The van der Waals surface area contributed by atoms with E-state index in [2.05, 4.69) is 422 Å². The zero-order chi connectivity index (χ0) is 90.9. The van der Waals surface area contributed by atoms with E-state index >= 15 is 0 Å². The highest BCUT2D eigenvalue weighted by atomic mass is 16.3. The second-order valence-electron chi connectivity index (χ2n) is 35.0. The molecule has 16 rings (SSSR count). The summed E-state index contributed by atoms with van der Waals surface area (Å²) in [4.78, 5) is 21.7. The largest absolute Gasteiger partial charge is 0.461 e. The number of nitrogens with zero attached hydrogens (tertiary/aromatic N) is 7. The lowest BCUT2D eigenvalue weighted by molar-refractivity contribution is 0.529. The topological polar surface area (TPSA) is 121 Å². The summed E-state index contributed by atoms with van der Waals surface area (Å²) in [6, 6.07) is 87.5. The molecule has 0 atom stereocenters. The van der Waals surface area contributed by atoms with E-state index < -0.39 is 0 Å². The predicted molar refractivity (Wildman–Crippen MR) is 535 cm³/mol. The number of pyridine rings is 3. The van der Waals surface area contributed by atoms with Crippen LogP contribution >= 0.6 is 0 Å². The Balaban J connectivity index is 0.000000163. The van der Waals surface area contributed by atoms with Gasteiger partial charge in [0.15, 0.2) is 0 Å². The SMILES string of the molecule is C=C1C=C(c2cccc(C(C)C)c2)C=CN1.CC(C)c1cccc(-c2cnn(C)c2)c1.CCc1ccc(-c2cccc(C(C)C)c2)o1.Cc1ccc(-c2cccc(C(C)C)c2)cn1.Cc1ccc(-c2cccc(C(C)C)c2)nc1.Cc1ccc(-c2cccc(C(C)C)c2)o1.Cc1cnc(-c2cccc(C(C)C)c2)cn1.Cc1cncc(-c2cccc(C(C)C)c2)c1. The van der Waals surface area contributed by atoms with Crippen LogP contribution in [0.2, 0.25) is 0 Å². The molecule has 650 valence electrons. The standard InChI is InChI=1S/4C15H17N.C15H18O.C14H16N2.C14H16O.C13H16N2/c1-11(2)13-5-4-6-14(8-13)15-7-12(3)9-16-10-15;1-11(2)13-5-4-6-14(10-13)15-7-8-16-12(3)9-15;1-11(2)13-5-4-6-14(9-13)15-8-7-12(3)16-10-15;1-11(2)13-5-4-6-14(9-13)15-8-7-12(3)10-16-15;1-4-14-8-9-15(16-14)13-7-5-6-12(10-13)11(2)3;1-10(2)12-5-4-6-13(7-12)14-9-15-11(3)8-16-14;1-10(2)12-5-4-6-13(9-12)14-8-7-11(3)15-14;1-10(2)11-5-4-6-12(7-11)13-8-14-15(3)9-13/h4-11H,1-3H3;4-11,16H,3H2,1-2H3;2*4-11H,1-3H3;5-11H,4H2,1-3H3;4-10H,1-3H3;2*4-10H,1-3H3. The molecule has 1 aliphatic rings.